The maximum Gasteiger partial charge on any atom is 0.270 e. The minimum Gasteiger partial charge on any atom is -0.457 e. The zero-order chi connectivity index (χ0) is 18.1. The van der Waals surface area contributed by atoms with Crippen LogP contribution in [0.25, 0.3) is 33.7 Å². The summed E-state index contributed by atoms with van der Waals surface area (Å²) in [5.41, 5.74) is 1.92. The number of fused-ring (bicyclic) bond motifs is 1. The summed E-state index contributed by atoms with van der Waals surface area (Å²) in [6.07, 6.45) is 3.92. The molecule has 4 aromatic rings. The van der Waals surface area contributed by atoms with Crippen molar-refractivity contribution in [2.24, 2.45) is 7.05 Å². The van der Waals surface area contributed by atoms with Gasteiger partial charge in [-0.3, -0.25) is 10.1 Å². The van der Waals surface area contributed by atoms with Gasteiger partial charge in [0.1, 0.15) is 23.3 Å². The van der Waals surface area contributed by atoms with Crippen molar-refractivity contribution >= 4 is 39.4 Å². The van der Waals surface area contributed by atoms with Crippen LogP contribution in [0.2, 0.25) is 0 Å². The first kappa shape index (κ1) is 16.2. The second kappa shape index (κ2) is 6.57. The van der Waals surface area contributed by atoms with E-state index in [4.69, 9.17) is 4.42 Å². The predicted octanol–water partition coefficient (Wildman–Crippen LogP) is 5.06. The van der Waals surface area contributed by atoms with E-state index in [1.807, 2.05) is 43.5 Å². The summed E-state index contributed by atoms with van der Waals surface area (Å²) in [5, 5.41) is 12.0. The third kappa shape index (κ3) is 3.02. The van der Waals surface area contributed by atoms with Crippen LogP contribution in [0.15, 0.2) is 65.1 Å². The van der Waals surface area contributed by atoms with E-state index >= 15 is 0 Å². The van der Waals surface area contributed by atoms with Crippen LogP contribution in [-0.2, 0) is 7.05 Å². The summed E-state index contributed by atoms with van der Waals surface area (Å²) >= 11 is 1.71. The molecule has 0 aliphatic rings. The number of thiazole rings is 1. The summed E-state index contributed by atoms with van der Waals surface area (Å²) in [6.45, 7) is 0. The molecule has 0 radical (unpaired) electrons. The number of rotatable bonds is 4. The van der Waals surface area contributed by atoms with Crippen molar-refractivity contribution in [3.05, 3.63) is 81.5 Å². The number of benzene rings is 2. The average molecular weight is 363 g/mol. The molecule has 0 fully saturated rings. The largest absolute Gasteiger partial charge is 0.457 e. The second-order valence-corrected chi connectivity index (χ2v) is 6.87. The molecule has 0 aliphatic heterocycles. The average Bonchev–Trinajstić information content (AvgIpc) is 3.25. The standard InChI is InChI=1S/C20H15N2O3S/c1-21-17-7-2-3-8-19(17)26-20(21)12-10-16-9-11-18(25-16)14-5-4-6-15(13-14)22(23)24/h2-13H,1H3/q+1. The number of furan rings is 1. The Bertz CT molecular complexity index is 1140. The number of nitro groups is 1. The summed E-state index contributed by atoms with van der Waals surface area (Å²) in [5.74, 6) is 1.30. The minimum absolute atomic E-state index is 0.0493. The van der Waals surface area contributed by atoms with E-state index in [1.165, 1.54) is 22.3 Å². The number of non-ortho nitro benzene ring substituents is 1. The molecule has 2 heterocycles. The number of nitrogens with zero attached hydrogens (tertiary/aromatic N) is 2. The van der Waals surface area contributed by atoms with E-state index in [1.54, 1.807) is 23.5 Å². The van der Waals surface area contributed by atoms with E-state index < -0.39 is 4.92 Å². The lowest BCUT2D eigenvalue weighted by atomic mass is 10.1. The Morgan fingerprint density at radius 3 is 2.73 bits per heavy atom. The highest BCUT2D eigenvalue weighted by molar-refractivity contribution is 7.18. The maximum atomic E-state index is 10.9. The summed E-state index contributed by atoms with van der Waals surface area (Å²) < 4.78 is 9.19. The number of hydrogen-bond acceptors (Lipinski definition) is 4. The van der Waals surface area contributed by atoms with Gasteiger partial charge in [0.15, 0.2) is 0 Å². The van der Waals surface area contributed by atoms with Gasteiger partial charge in [-0.25, -0.2) is 0 Å². The molecule has 5 nitrogen and oxygen atoms in total. The van der Waals surface area contributed by atoms with E-state index in [0.717, 1.165) is 5.01 Å². The van der Waals surface area contributed by atoms with Crippen LogP contribution in [0.5, 0.6) is 0 Å². The van der Waals surface area contributed by atoms with Gasteiger partial charge in [-0.15, -0.1) is 0 Å². The van der Waals surface area contributed by atoms with Gasteiger partial charge in [-0.2, -0.15) is 4.57 Å². The monoisotopic (exact) mass is 363 g/mol. The third-order valence-corrected chi connectivity index (χ3v) is 5.31. The van der Waals surface area contributed by atoms with E-state index in [0.29, 0.717) is 17.1 Å². The molecule has 4 rings (SSSR count). The van der Waals surface area contributed by atoms with Crippen LogP contribution in [0.3, 0.4) is 0 Å². The molecular formula is C20H15N2O3S+. The first-order valence-corrected chi connectivity index (χ1v) is 8.84. The molecule has 0 saturated carbocycles. The normalized spacial score (nSPS) is 11.4. The van der Waals surface area contributed by atoms with Crippen molar-refractivity contribution in [2.75, 3.05) is 0 Å². The molecule has 0 amide bonds. The molecule has 2 aromatic heterocycles. The van der Waals surface area contributed by atoms with Gasteiger partial charge in [0.05, 0.1) is 4.92 Å². The highest BCUT2D eigenvalue weighted by Gasteiger charge is 2.14. The van der Waals surface area contributed by atoms with Crippen LogP contribution in [0, 0.1) is 10.1 Å². The zero-order valence-corrected chi connectivity index (χ0v) is 14.8. The highest BCUT2D eigenvalue weighted by Crippen LogP contribution is 2.27. The number of hydrogen-bond donors (Lipinski definition) is 0. The van der Waals surface area contributed by atoms with Gasteiger partial charge >= 0.3 is 0 Å². The number of aromatic nitrogens is 1. The quantitative estimate of drug-likeness (QED) is 0.289. The van der Waals surface area contributed by atoms with Crippen molar-refractivity contribution < 1.29 is 13.9 Å². The maximum absolute atomic E-state index is 10.9. The molecule has 0 aliphatic carbocycles. The van der Waals surface area contributed by atoms with Gasteiger partial charge in [0.2, 0.25) is 5.52 Å². The second-order valence-electron chi connectivity index (χ2n) is 5.81. The van der Waals surface area contributed by atoms with Crippen molar-refractivity contribution in [1.29, 1.82) is 0 Å². The SMILES string of the molecule is C[n+]1c(C=Cc2ccc(-c3cccc([N+](=O)[O-])c3)o2)sc2ccccc21. The zero-order valence-electron chi connectivity index (χ0n) is 14.0. The Morgan fingerprint density at radius 1 is 1.08 bits per heavy atom. The molecule has 6 heteroatoms. The highest BCUT2D eigenvalue weighted by atomic mass is 32.1. The van der Waals surface area contributed by atoms with Gasteiger partial charge in [0, 0.05) is 29.8 Å². The molecule has 0 spiro atoms. The van der Waals surface area contributed by atoms with E-state index in [9.17, 15) is 10.1 Å². The van der Waals surface area contributed by atoms with E-state index in [-0.39, 0.29) is 5.69 Å². The molecule has 2 aromatic carbocycles. The fraction of sp³-hybridized carbons (Fsp3) is 0.0500. The first-order chi connectivity index (χ1) is 12.6. The molecule has 0 bridgehead atoms. The van der Waals surface area contributed by atoms with Crippen molar-refractivity contribution in [1.82, 2.24) is 0 Å². The van der Waals surface area contributed by atoms with E-state index in [2.05, 4.69) is 16.7 Å². The van der Waals surface area contributed by atoms with Crippen LogP contribution < -0.4 is 4.57 Å². The van der Waals surface area contributed by atoms with Crippen LogP contribution in [0.1, 0.15) is 10.8 Å². The molecule has 0 saturated heterocycles. The Labute approximate surface area is 153 Å². The summed E-state index contributed by atoms with van der Waals surface area (Å²) in [4.78, 5) is 10.5. The first-order valence-electron chi connectivity index (χ1n) is 8.02. The van der Waals surface area contributed by atoms with Crippen molar-refractivity contribution in [2.45, 2.75) is 0 Å². The van der Waals surface area contributed by atoms with Gasteiger partial charge in [-0.1, -0.05) is 35.6 Å². The Morgan fingerprint density at radius 2 is 1.92 bits per heavy atom. The Hall–Kier alpha value is -3.25. The summed E-state index contributed by atoms with van der Waals surface area (Å²) in [6, 6.07) is 18.4. The number of para-hydroxylation sites is 1. The fourth-order valence-electron chi connectivity index (χ4n) is 2.79. The van der Waals surface area contributed by atoms with Crippen LogP contribution in [0.4, 0.5) is 5.69 Å². The minimum atomic E-state index is -0.408. The van der Waals surface area contributed by atoms with Gasteiger partial charge in [-0.05, 0) is 24.3 Å². The lowest BCUT2D eigenvalue weighted by Crippen LogP contribution is -2.28. The molecule has 0 atom stereocenters. The molecule has 0 unspecified atom stereocenters. The molecular weight excluding hydrogens is 348 g/mol. The van der Waals surface area contributed by atoms with Crippen molar-refractivity contribution in [3.8, 4) is 11.3 Å². The van der Waals surface area contributed by atoms with Crippen LogP contribution >= 0.6 is 11.3 Å². The predicted molar refractivity (Wildman–Crippen MR) is 103 cm³/mol. The molecule has 128 valence electrons. The smallest absolute Gasteiger partial charge is 0.270 e. The number of aryl methyl sites for hydroxylation is 1. The topological polar surface area (TPSA) is 60.2 Å². The third-order valence-electron chi connectivity index (χ3n) is 4.13. The van der Waals surface area contributed by atoms with Gasteiger partial charge in [0.25, 0.3) is 10.7 Å². The lowest BCUT2D eigenvalue weighted by molar-refractivity contribution is -0.642. The lowest BCUT2D eigenvalue weighted by Gasteiger charge is -1.96. The number of nitro benzene ring substituents is 1. The molecule has 26 heavy (non-hydrogen) atoms. The fourth-order valence-corrected chi connectivity index (χ4v) is 3.84. The van der Waals surface area contributed by atoms with Gasteiger partial charge < -0.3 is 4.42 Å². The Balaban J connectivity index is 1.62. The molecule has 0 N–H and O–H groups in total. The van der Waals surface area contributed by atoms with Crippen LogP contribution in [-0.4, -0.2) is 4.92 Å². The summed E-state index contributed by atoms with van der Waals surface area (Å²) in [7, 11) is 2.04. The van der Waals surface area contributed by atoms with Crippen molar-refractivity contribution in [3.63, 3.8) is 0 Å². The Kier molecular flexibility index (Phi) is 4.10.